The highest BCUT2D eigenvalue weighted by Gasteiger charge is 2.21. The fourth-order valence-corrected chi connectivity index (χ4v) is 5.36. The van der Waals surface area contributed by atoms with Gasteiger partial charge in [-0.15, -0.1) is 0 Å². The third-order valence-electron chi connectivity index (χ3n) is 5.51. The van der Waals surface area contributed by atoms with Crippen LogP contribution in [0.15, 0.2) is 47.4 Å². The molecule has 0 spiro atoms. The first-order valence-electron chi connectivity index (χ1n) is 10.8. The van der Waals surface area contributed by atoms with E-state index >= 15 is 0 Å². The van der Waals surface area contributed by atoms with Gasteiger partial charge in [-0.25, -0.2) is 8.42 Å². The molecular weight excluding hydrogens is 434 g/mol. The van der Waals surface area contributed by atoms with E-state index in [2.05, 4.69) is 14.9 Å². The fraction of sp³-hybridized carbons (Fsp3) is 0.435. The zero-order chi connectivity index (χ0) is 22.3. The highest BCUT2D eigenvalue weighted by atomic mass is 35.5. The predicted molar refractivity (Wildman–Crippen MR) is 125 cm³/mol. The number of carbonyl (C=O) groups excluding carboxylic acids is 1. The summed E-state index contributed by atoms with van der Waals surface area (Å²) in [6.45, 7) is 5.57. The van der Waals surface area contributed by atoms with Crippen molar-refractivity contribution in [3.8, 4) is 0 Å². The number of hydrogen-bond donors (Lipinski definition) is 2. The third-order valence-corrected chi connectivity index (χ3v) is 7.35. The average molecular weight is 464 g/mol. The van der Waals surface area contributed by atoms with Crippen molar-refractivity contribution in [2.45, 2.75) is 43.9 Å². The summed E-state index contributed by atoms with van der Waals surface area (Å²) in [6.07, 6.45) is 5.94. The number of anilines is 1. The molecule has 168 valence electrons. The van der Waals surface area contributed by atoms with Crippen molar-refractivity contribution in [3.63, 3.8) is 0 Å². The zero-order valence-electron chi connectivity index (χ0n) is 17.9. The largest absolute Gasteiger partial charge is 0.352 e. The van der Waals surface area contributed by atoms with Crippen LogP contribution in [0, 0.1) is 6.92 Å². The summed E-state index contributed by atoms with van der Waals surface area (Å²) in [5.74, 6) is -0.306. The Morgan fingerprint density at radius 2 is 1.77 bits per heavy atom. The Morgan fingerprint density at radius 3 is 2.48 bits per heavy atom. The zero-order valence-corrected chi connectivity index (χ0v) is 19.4. The number of benzene rings is 2. The van der Waals surface area contributed by atoms with Crippen molar-refractivity contribution in [1.29, 1.82) is 0 Å². The molecule has 8 heteroatoms. The van der Waals surface area contributed by atoms with Crippen molar-refractivity contribution in [1.82, 2.24) is 10.2 Å². The molecule has 0 saturated carbocycles. The summed E-state index contributed by atoms with van der Waals surface area (Å²) >= 11 is 6.16. The van der Waals surface area contributed by atoms with Gasteiger partial charge in [-0.3, -0.25) is 9.52 Å². The molecule has 2 aromatic carbocycles. The van der Waals surface area contributed by atoms with Gasteiger partial charge in [-0.05, 0) is 75.6 Å². The molecule has 1 amide bonds. The van der Waals surface area contributed by atoms with Crippen LogP contribution in [0.5, 0.6) is 0 Å². The Bertz CT molecular complexity index is 1000. The van der Waals surface area contributed by atoms with Gasteiger partial charge in [0.15, 0.2) is 0 Å². The maximum absolute atomic E-state index is 12.9. The number of aryl methyl sites for hydroxylation is 1. The Morgan fingerprint density at radius 1 is 1.06 bits per heavy atom. The molecule has 1 saturated heterocycles. The average Bonchev–Trinajstić information content (AvgIpc) is 3.01. The van der Waals surface area contributed by atoms with Gasteiger partial charge in [0.1, 0.15) is 4.90 Å². The van der Waals surface area contributed by atoms with Crippen LogP contribution in [-0.2, 0) is 10.0 Å². The van der Waals surface area contributed by atoms with Gasteiger partial charge in [0, 0.05) is 12.1 Å². The second-order valence-electron chi connectivity index (χ2n) is 7.93. The molecule has 0 aliphatic carbocycles. The van der Waals surface area contributed by atoms with Gasteiger partial charge in [-0.1, -0.05) is 42.6 Å². The Hall–Kier alpha value is -2.09. The van der Waals surface area contributed by atoms with Crippen LogP contribution >= 0.6 is 11.6 Å². The van der Waals surface area contributed by atoms with Crippen molar-refractivity contribution in [3.05, 3.63) is 58.6 Å². The molecule has 0 unspecified atom stereocenters. The SMILES string of the molecule is Cc1ccccc1NS(=O)(=O)c1cc(C(=O)NCCCN2CCCCCC2)ccc1Cl. The number of carbonyl (C=O) groups is 1. The summed E-state index contributed by atoms with van der Waals surface area (Å²) < 4.78 is 28.3. The van der Waals surface area contributed by atoms with E-state index in [-0.39, 0.29) is 21.4 Å². The Balaban J connectivity index is 1.61. The van der Waals surface area contributed by atoms with E-state index < -0.39 is 10.0 Å². The lowest BCUT2D eigenvalue weighted by molar-refractivity contribution is 0.0951. The number of rotatable bonds is 8. The highest BCUT2D eigenvalue weighted by Crippen LogP contribution is 2.26. The van der Waals surface area contributed by atoms with Gasteiger partial charge in [-0.2, -0.15) is 0 Å². The van der Waals surface area contributed by atoms with Crippen LogP contribution in [0.1, 0.15) is 48.0 Å². The number of sulfonamides is 1. The van der Waals surface area contributed by atoms with E-state index in [4.69, 9.17) is 11.6 Å². The maximum atomic E-state index is 12.9. The van der Waals surface area contributed by atoms with E-state index in [0.29, 0.717) is 12.2 Å². The number of likely N-dealkylation sites (tertiary alicyclic amines) is 1. The smallest absolute Gasteiger partial charge is 0.263 e. The van der Waals surface area contributed by atoms with E-state index in [1.165, 1.54) is 37.8 Å². The number of amides is 1. The molecule has 1 aliphatic rings. The molecule has 31 heavy (non-hydrogen) atoms. The van der Waals surface area contributed by atoms with Crippen molar-refractivity contribution in [2.24, 2.45) is 0 Å². The van der Waals surface area contributed by atoms with Crippen LogP contribution in [0.3, 0.4) is 0 Å². The fourth-order valence-electron chi connectivity index (χ4n) is 3.70. The summed E-state index contributed by atoms with van der Waals surface area (Å²) in [6, 6.07) is 11.4. The summed E-state index contributed by atoms with van der Waals surface area (Å²) in [7, 11) is -3.93. The molecule has 2 aromatic rings. The Labute approximate surface area is 190 Å². The van der Waals surface area contributed by atoms with Crippen LogP contribution < -0.4 is 10.0 Å². The van der Waals surface area contributed by atoms with Crippen molar-refractivity contribution < 1.29 is 13.2 Å². The first kappa shape index (κ1) is 23.6. The first-order valence-corrected chi connectivity index (χ1v) is 12.6. The molecule has 0 radical (unpaired) electrons. The topological polar surface area (TPSA) is 78.5 Å². The predicted octanol–water partition coefficient (Wildman–Crippen LogP) is 4.45. The van der Waals surface area contributed by atoms with Gasteiger partial charge in [0.05, 0.1) is 10.7 Å². The minimum atomic E-state index is -3.93. The van der Waals surface area contributed by atoms with Crippen LogP contribution in [-0.4, -0.2) is 45.4 Å². The molecule has 2 N–H and O–H groups in total. The van der Waals surface area contributed by atoms with Crippen LogP contribution in [0.25, 0.3) is 0 Å². The molecule has 3 rings (SSSR count). The minimum Gasteiger partial charge on any atom is -0.352 e. The highest BCUT2D eigenvalue weighted by molar-refractivity contribution is 7.92. The molecule has 0 aromatic heterocycles. The number of nitrogens with zero attached hydrogens (tertiary/aromatic N) is 1. The molecule has 6 nitrogen and oxygen atoms in total. The van der Waals surface area contributed by atoms with E-state index in [0.717, 1.165) is 31.6 Å². The number of halogens is 1. The summed E-state index contributed by atoms with van der Waals surface area (Å²) in [4.78, 5) is 14.9. The van der Waals surface area contributed by atoms with Gasteiger partial charge in [0.2, 0.25) is 0 Å². The molecular formula is C23H30ClN3O3S. The van der Waals surface area contributed by atoms with Gasteiger partial charge in [0.25, 0.3) is 15.9 Å². The molecule has 1 fully saturated rings. The normalized spacial score (nSPS) is 15.3. The summed E-state index contributed by atoms with van der Waals surface area (Å²) in [5, 5.41) is 2.96. The van der Waals surface area contributed by atoms with E-state index in [1.807, 2.05) is 19.1 Å². The van der Waals surface area contributed by atoms with Crippen molar-refractivity contribution >= 4 is 33.2 Å². The summed E-state index contributed by atoms with van der Waals surface area (Å²) in [5.41, 5.74) is 1.53. The molecule has 1 aliphatic heterocycles. The number of hydrogen-bond acceptors (Lipinski definition) is 4. The number of nitrogens with one attached hydrogen (secondary N) is 2. The lowest BCUT2D eigenvalue weighted by atomic mass is 10.2. The minimum absolute atomic E-state index is 0.0683. The molecule has 0 atom stereocenters. The third kappa shape index (κ3) is 6.69. The monoisotopic (exact) mass is 463 g/mol. The lowest BCUT2D eigenvalue weighted by Gasteiger charge is -2.19. The lowest BCUT2D eigenvalue weighted by Crippen LogP contribution is -2.30. The Kier molecular flexibility index (Phi) is 8.35. The van der Waals surface area contributed by atoms with Gasteiger partial charge < -0.3 is 10.2 Å². The molecule has 0 bridgehead atoms. The first-order chi connectivity index (χ1) is 14.9. The van der Waals surface area contributed by atoms with Gasteiger partial charge >= 0.3 is 0 Å². The van der Waals surface area contributed by atoms with E-state index in [1.54, 1.807) is 18.2 Å². The number of para-hydroxylation sites is 1. The van der Waals surface area contributed by atoms with E-state index in [9.17, 15) is 13.2 Å². The second-order valence-corrected chi connectivity index (χ2v) is 9.99. The second kappa shape index (κ2) is 11.0. The van der Waals surface area contributed by atoms with Crippen LogP contribution in [0.2, 0.25) is 5.02 Å². The van der Waals surface area contributed by atoms with Crippen LogP contribution in [0.4, 0.5) is 5.69 Å². The quantitative estimate of drug-likeness (QED) is 0.567. The maximum Gasteiger partial charge on any atom is 0.263 e. The molecule has 1 heterocycles. The standard InChI is InChI=1S/C23H30ClN3O3S/c1-18-9-4-5-10-21(18)26-31(29,30)22-17-19(11-12-20(22)24)23(28)25-13-8-16-27-14-6-2-3-7-15-27/h4-5,9-12,17,26H,2-3,6-8,13-16H2,1H3,(H,25,28). The van der Waals surface area contributed by atoms with Crippen molar-refractivity contribution in [2.75, 3.05) is 30.9 Å².